The minimum absolute atomic E-state index is 0. The van der Waals surface area contributed by atoms with Crippen molar-refractivity contribution in [2.24, 2.45) is 11.7 Å². The predicted molar refractivity (Wildman–Crippen MR) is 70.8 cm³/mol. The van der Waals surface area contributed by atoms with Crippen LogP contribution in [0, 0.1) is 18.7 Å². The molecule has 0 fully saturated rings. The van der Waals surface area contributed by atoms with Gasteiger partial charge in [-0.2, -0.15) is 0 Å². The summed E-state index contributed by atoms with van der Waals surface area (Å²) in [5.41, 5.74) is 7.18. The van der Waals surface area contributed by atoms with Gasteiger partial charge in [0, 0.05) is 0 Å². The van der Waals surface area contributed by atoms with Gasteiger partial charge in [-0.15, -0.1) is 12.4 Å². The Morgan fingerprint density at radius 2 is 2.00 bits per heavy atom. The highest BCUT2D eigenvalue weighted by atomic mass is 35.5. The number of rotatable bonds is 4. The zero-order valence-electron chi connectivity index (χ0n) is 10.5. The zero-order valence-corrected chi connectivity index (χ0v) is 11.3. The Hall–Kier alpha value is -0.640. The lowest BCUT2D eigenvalue weighted by Crippen LogP contribution is -2.32. The number of nitrogens with two attached hydrogens (primary N) is 1. The molecule has 3 N–H and O–H groups in total. The molecule has 17 heavy (non-hydrogen) atoms. The molecule has 0 heterocycles. The molecule has 0 aliphatic carbocycles. The van der Waals surface area contributed by atoms with Crippen molar-refractivity contribution in [3.8, 4) is 0 Å². The van der Waals surface area contributed by atoms with Crippen LogP contribution in [0.4, 0.5) is 4.39 Å². The zero-order chi connectivity index (χ0) is 12.3. The Labute approximate surface area is 108 Å². The third-order valence-corrected chi connectivity index (χ3v) is 3.26. The average molecular weight is 262 g/mol. The number of aliphatic hydroxyl groups excluding tert-OH is 1. The van der Waals surface area contributed by atoms with Gasteiger partial charge in [-0.05, 0) is 30.0 Å². The van der Waals surface area contributed by atoms with Crippen molar-refractivity contribution in [2.45, 2.75) is 39.3 Å². The molecular formula is C13H21ClFNO. The van der Waals surface area contributed by atoms with Crippen molar-refractivity contribution in [1.82, 2.24) is 0 Å². The highest BCUT2D eigenvalue weighted by Crippen LogP contribution is 2.25. The molecule has 0 aliphatic heterocycles. The molecule has 3 atom stereocenters. The highest BCUT2D eigenvalue weighted by molar-refractivity contribution is 5.85. The van der Waals surface area contributed by atoms with Crippen molar-refractivity contribution in [3.63, 3.8) is 0 Å². The van der Waals surface area contributed by atoms with Crippen LogP contribution >= 0.6 is 12.4 Å². The van der Waals surface area contributed by atoms with E-state index in [1.54, 1.807) is 19.1 Å². The van der Waals surface area contributed by atoms with Crippen LogP contribution in [0.2, 0.25) is 0 Å². The van der Waals surface area contributed by atoms with Crippen molar-refractivity contribution in [3.05, 3.63) is 35.1 Å². The molecule has 1 unspecified atom stereocenters. The number of hydrogen-bond donors (Lipinski definition) is 2. The first kappa shape index (κ1) is 16.4. The van der Waals surface area contributed by atoms with Gasteiger partial charge >= 0.3 is 0 Å². The first-order valence-corrected chi connectivity index (χ1v) is 5.67. The van der Waals surface area contributed by atoms with Crippen LogP contribution in [0.1, 0.15) is 37.4 Å². The molecule has 1 rings (SSSR count). The van der Waals surface area contributed by atoms with Crippen LogP contribution in [0.15, 0.2) is 18.2 Å². The lowest BCUT2D eigenvalue weighted by atomic mass is 9.89. The summed E-state index contributed by atoms with van der Waals surface area (Å²) in [5, 5.41) is 10.0. The van der Waals surface area contributed by atoms with E-state index in [9.17, 15) is 9.50 Å². The van der Waals surface area contributed by atoms with Crippen LogP contribution in [0.25, 0.3) is 0 Å². The molecule has 0 amide bonds. The summed E-state index contributed by atoms with van der Waals surface area (Å²) in [6.45, 7) is 5.63. The Kier molecular flexibility index (Phi) is 6.68. The van der Waals surface area contributed by atoms with E-state index >= 15 is 0 Å². The van der Waals surface area contributed by atoms with Gasteiger partial charge < -0.3 is 10.8 Å². The van der Waals surface area contributed by atoms with Crippen LogP contribution in [0.3, 0.4) is 0 Å². The van der Waals surface area contributed by atoms with Crippen molar-refractivity contribution >= 4 is 12.4 Å². The summed E-state index contributed by atoms with van der Waals surface area (Å²) >= 11 is 0. The quantitative estimate of drug-likeness (QED) is 0.875. The third kappa shape index (κ3) is 3.66. The molecule has 4 heteroatoms. The Bertz CT molecular complexity index is 359. The van der Waals surface area contributed by atoms with Crippen LogP contribution in [0.5, 0.6) is 0 Å². The first-order valence-electron chi connectivity index (χ1n) is 5.67. The van der Waals surface area contributed by atoms with Crippen LogP contribution < -0.4 is 5.73 Å². The highest BCUT2D eigenvalue weighted by Gasteiger charge is 2.23. The number of halogens is 2. The summed E-state index contributed by atoms with van der Waals surface area (Å²) < 4.78 is 13.3. The van der Waals surface area contributed by atoms with Crippen molar-refractivity contribution in [2.75, 3.05) is 0 Å². The monoisotopic (exact) mass is 261 g/mol. The van der Waals surface area contributed by atoms with E-state index < -0.39 is 12.1 Å². The average Bonchev–Trinajstić information content (AvgIpc) is 2.29. The Morgan fingerprint density at radius 1 is 1.41 bits per heavy atom. The number of benzene rings is 1. The summed E-state index contributed by atoms with van der Waals surface area (Å²) in [5.74, 6) is -0.165. The fraction of sp³-hybridized carbons (Fsp3) is 0.538. The van der Waals surface area contributed by atoms with Gasteiger partial charge in [0.2, 0.25) is 0 Å². The number of aliphatic hydroxyl groups is 1. The van der Waals surface area contributed by atoms with Gasteiger partial charge in [0.1, 0.15) is 5.82 Å². The summed E-state index contributed by atoms with van der Waals surface area (Å²) in [4.78, 5) is 0. The summed E-state index contributed by atoms with van der Waals surface area (Å²) in [6, 6.07) is 4.28. The largest absolute Gasteiger partial charge is 0.391 e. The standard InChI is InChI=1S/C13H20FNO.ClH/c1-4-8(2)13(16)12(15)10-6-5-7-11(14)9(10)3;/h5-8,12-13,16H,4,15H2,1-3H3;1H/t8?,12-,13+;/m1./s1. The predicted octanol–water partition coefficient (Wildman–Crippen LogP) is 2.96. The second-order valence-corrected chi connectivity index (χ2v) is 4.36. The minimum Gasteiger partial charge on any atom is -0.391 e. The fourth-order valence-corrected chi connectivity index (χ4v) is 1.76. The topological polar surface area (TPSA) is 46.2 Å². The molecule has 0 saturated carbocycles. The second kappa shape index (κ2) is 6.94. The molecule has 1 aromatic rings. The van der Waals surface area contributed by atoms with E-state index in [1.807, 2.05) is 13.8 Å². The molecule has 2 nitrogen and oxygen atoms in total. The minimum atomic E-state index is -0.634. The molecular weight excluding hydrogens is 241 g/mol. The number of hydrogen-bond acceptors (Lipinski definition) is 2. The maximum atomic E-state index is 13.3. The van der Waals surface area contributed by atoms with Gasteiger partial charge in [-0.25, -0.2) is 4.39 Å². The summed E-state index contributed by atoms with van der Waals surface area (Å²) in [6.07, 6.45) is 0.217. The van der Waals surface area contributed by atoms with E-state index in [-0.39, 0.29) is 24.1 Å². The molecule has 0 aliphatic rings. The van der Waals surface area contributed by atoms with Crippen LogP contribution in [-0.4, -0.2) is 11.2 Å². The smallest absolute Gasteiger partial charge is 0.126 e. The van der Waals surface area contributed by atoms with Gasteiger partial charge in [-0.1, -0.05) is 32.4 Å². The van der Waals surface area contributed by atoms with Crippen molar-refractivity contribution < 1.29 is 9.50 Å². The van der Waals surface area contributed by atoms with E-state index in [2.05, 4.69) is 0 Å². The van der Waals surface area contributed by atoms with Gasteiger partial charge in [0.05, 0.1) is 12.1 Å². The van der Waals surface area contributed by atoms with Crippen molar-refractivity contribution in [1.29, 1.82) is 0 Å². The fourth-order valence-electron chi connectivity index (χ4n) is 1.76. The molecule has 0 aromatic heterocycles. The van der Waals surface area contributed by atoms with E-state index in [4.69, 9.17) is 5.73 Å². The molecule has 1 aromatic carbocycles. The lowest BCUT2D eigenvalue weighted by molar-refractivity contribution is 0.0877. The molecule has 0 saturated heterocycles. The van der Waals surface area contributed by atoms with E-state index in [0.717, 1.165) is 6.42 Å². The maximum absolute atomic E-state index is 13.3. The molecule has 0 bridgehead atoms. The molecule has 98 valence electrons. The normalized spacial score (nSPS) is 15.9. The summed E-state index contributed by atoms with van der Waals surface area (Å²) in [7, 11) is 0. The van der Waals surface area contributed by atoms with Gasteiger partial charge in [-0.3, -0.25) is 0 Å². The Morgan fingerprint density at radius 3 is 2.53 bits per heavy atom. The first-order chi connectivity index (χ1) is 7.49. The maximum Gasteiger partial charge on any atom is 0.126 e. The van der Waals surface area contributed by atoms with Gasteiger partial charge in [0.25, 0.3) is 0 Å². The SMILES string of the molecule is CCC(C)[C@H](O)[C@H](N)c1cccc(F)c1C.Cl. The Balaban J connectivity index is 0.00000256. The van der Waals surface area contributed by atoms with Crippen LogP contribution in [-0.2, 0) is 0 Å². The third-order valence-electron chi connectivity index (χ3n) is 3.26. The molecule has 0 radical (unpaired) electrons. The van der Waals surface area contributed by atoms with E-state index in [1.165, 1.54) is 6.07 Å². The van der Waals surface area contributed by atoms with E-state index in [0.29, 0.717) is 11.1 Å². The molecule has 0 spiro atoms. The van der Waals surface area contributed by atoms with Gasteiger partial charge in [0.15, 0.2) is 0 Å². The lowest BCUT2D eigenvalue weighted by Gasteiger charge is -2.25. The second-order valence-electron chi connectivity index (χ2n) is 4.36.